The lowest BCUT2D eigenvalue weighted by molar-refractivity contribution is -0.147. The summed E-state index contributed by atoms with van der Waals surface area (Å²) in [5.41, 5.74) is 0.543. The lowest BCUT2D eigenvalue weighted by Gasteiger charge is -2.16. The van der Waals surface area contributed by atoms with Gasteiger partial charge in [0, 0.05) is 11.6 Å². The molecule has 0 spiro atoms. The number of halogens is 1. The Morgan fingerprint density at radius 3 is 2.43 bits per heavy atom. The lowest BCUT2D eigenvalue weighted by Crippen LogP contribution is -2.36. The summed E-state index contributed by atoms with van der Waals surface area (Å²) >= 11 is 5.87. The number of benzene rings is 1. The van der Waals surface area contributed by atoms with Crippen LogP contribution in [0, 0.1) is 0 Å². The van der Waals surface area contributed by atoms with Crippen LogP contribution in [0.15, 0.2) is 24.3 Å². The molecule has 1 aliphatic carbocycles. The fraction of sp³-hybridized carbons (Fsp3) is 0.500. The Balaban J connectivity index is 1.86. The molecule has 1 fully saturated rings. The molecular formula is C16H20ClNO3. The fourth-order valence-electron chi connectivity index (χ4n) is 2.31. The Morgan fingerprint density at radius 2 is 1.90 bits per heavy atom. The third kappa shape index (κ3) is 3.97. The van der Waals surface area contributed by atoms with Crippen LogP contribution in [0.1, 0.15) is 38.7 Å². The van der Waals surface area contributed by atoms with Crippen molar-refractivity contribution in [2.75, 3.05) is 6.54 Å². The molecule has 0 aromatic heterocycles. The molecule has 1 amide bonds. The Labute approximate surface area is 129 Å². The molecule has 1 N–H and O–H groups in total. The van der Waals surface area contributed by atoms with Gasteiger partial charge in [-0.1, -0.05) is 23.7 Å². The molecule has 0 radical (unpaired) electrons. The molecule has 0 atom stereocenters. The molecular weight excluding hydrogens is 290 g/mol. The smallest absolute Gasteiger partial charge is 0.307 e. The zero-order chi connectivity index (χ0) is 15.5. The van der Waals surface area contributed by atoms with E-state index in [2.05, 4.69) is 5.32 Å². The number of carbonyl (C=O) groups is 2. The maximum atomic E-state index is 12.3. The van der Waals surface area contributed by atoms with Gasteiger partial charge in [-0.25, -0.2) is 0 Å². The highest BCUT2D eigenvalue weighted by atomic mass is 35.5. The summed E-state index contributed by atoms with van der Waals surface area (Å²) in [6, 6.07) is 7.37. The van der Waals surface area contributed by atoms with Crippen LogP contribution in [0.25, 0.3) is 0 Å². The molecule has 1 saturated carbocycles. The van der Waals surface area contributed by atoms with E-state index >= 15 is 0 Å². The topological polar surface area (TPSA) is 55.4 Å². The molecule has 0 unspecified atom stereocenters. The van der Waals surface area contributed by atoms with Crippen molar-refractivity contribution in [1.29, 1.82) is 0 Å². The summed E-state index contributed by atoms with van der Waals surface area (Å²) < 4.78 is 5.03. The molecule has 0 saturated heterocycles. The maximum absolute atomic E-state index is 12.3. The number of hydrogen-bond acceptors (Lipinski definition) is 3. The quantitative estimate of drug-likeness (QED) is 0.822. The first-order chi connectivity index (χ1) is 9.94. The summed E-state index contributed by atoms with van der Waals surface area (Å²) in [6.45, 7) is 3.91. The number of rotatable bonds is 6. The summed E-state index contributed by atoms with van der Waals surface area (Å²) in [5.74, 6) is -0.316. The van der Waals surface area contributed by atoms with Crippen molar-refractivity contribution in [2.24, 2.45) is 0 Å². The fourth-order valence-corrected chi connectivity index (χ4v) is 2.44. The van der Waals surface area contributed by atoms with Crippen molar-refractivity contribution < 1.29 is 14.3 Å². The van der Waals surface area contributed by atoms with Crippen molar-refractivity contribution in [3.63, 3.8) is 0 Å². The summed E-state index contributed by atoms with van der Waals surface area (Å²) in [4.78, 5) is 23.7. The Bertz CT molecular complexity index is 521. The van der Waals surface area contributed by atoms with Crippen LogP contribution in [0.2, 0.25) is 5.02 Å². The van der Waals surface area contributed by atoms with E-state index in [9.17, 15) is 9.59 Å². The van der Waals surface area contributed by atoms with Gasteiger partial charge in [0.1, 0.15) is 0 Å². The minimum absolute atomic E-state index is 0.0258. The van der Waals surface area contributed by atoms with Crippen LogP contribution in [-0.2, 0) is 19.7 Å². The molecule has 0 aliphatic heterocycles. The van der Waals surface area contributed by atoms with E-state index in [4.69, 9.17) is 16.3 Å². The molecule has 0 heterocycles. The van der Waals surface area contributed by atoms with E-state index in [0.717, 1.165) is 18.4 Å². The maximum Gasteiger partial charge on any atom is 0.307 e. The normalized spacial score (nSPS) is 15.6. The Morgan fingerprint density at radius 1 is 1.29 bits per heavy atom. The van der Waals surface area contributed by atoms with Gasteiger partial charge in [0.25, 0.3) is 0 Å². The van der Waals surface area contributed by atoms with E-state index in [-0.39, 0.29) is 24.4 Å². The van der Waals surface area contributed by atoms with Crippen LogP contribution < -0.4 is 5.32 Å². The van der Waals surface area contributed by atoms with Gasteiger partial charge in [0.15, 0.2) is 0 Å². The van der Waals surface area contributed by atoms with Crippen molar-refractivity contribution in [2.45, 2.75) is 44.6 Å². The zero-order valence-electron chi connectivity index (χ0n) is 12.3. The first-order valence-corrected chi connectivity index (χ1v) is 7.56. The van der Waals surface area contributed by atoms with Crippen LogP contribution >= 0.6 is 11.6 Å². The second-order valence-corrected chi connectivity index (χ2v) is 6.07. The second kappa shape index (κ2) is 6.48. The third-order valence-corrected chi connectivity index (χ3v) is 3.82. The van der Waals surface area contributed by atoms with Crippen molar-refractivity contribution in [1.82, 2.24) is 5.32 Å². The SMILES string of the molecule is CC(C)OC(=O)CCNC(=O)C1(c2ccc(Cl)cc2)CC1. The van der Waals surface area contributed by atoms with Gasteiger partial charge >= 0.3 is 5.97 Å². The molecule has 114 valence electrons. The van der Waals surface area contributed by atoms with Crippen LogP contribution in [0.5, 0.6) is 0 Å². The molecule has 4 nitrogen and oxygen atoms in total. The number of carbonyl (C=O) groups excluding carboxylic acids is 2. The van der Waals surface area contributed by atoms with Gasteiger partial charge in [0.2, 0.25) is 5.91 Å². The molecule has 1 aromatic carbocycles. The Hall–Kier alpha value is -1.55. The van der Waals surface area contributed by atoms with Gasteiger partial charge < -0.3 is 10.1 Å². The summed E-state index contributed by atoms with van der Waals surface area (Å²) in [6.07, 6.45) is 1.73. The van der Waals surface area contributed by atoms with Gasteiger partial charge in [0.05, 0.1) is 17.9 Å². The molecule has 0 bridgehead atoms. The van der Waals surface area contributed by atoms with E-state index in [1.165, 1.54) is 0 Å². The molecule has 2 rings (SSSR count). The van der Waals surface area contributed by atoms with Crippen LogP contribution in [0.4, 0.5) is 0 Å². The van der Waals surface area contributed by atoms with Gasteiger partial charge in [-0.15, -0.1) is 0 Å². The van der Waals surface area contributed by atoms with E-state index < -0.39 is 5.41 Å². The number of nitrogens with one attached hydrogen (secondary N) is 1. The van der Waals surface area contributed by atoms with E-state index in [1.54, 1.807) is 26.0 Å². The Kier molecular flexibility index (Phi) is 4.88. The molecule has 5 heteroatoms. The molecule has 1 aliphatic rings. The standard InChI is InChI=1S/C16H20ClNO3/c1-11(2)21-14(19)7-10-18-15(20)16(8-9-16)12-3-5-13(17)6-4-12/h3-6,11H,7-10H2,1-2H3,(H,18,20). The number of ether oxygens (including phenoxy) is 1. The highest BCUT2D eigenvalue weighted by Crippen LogP contribution is 2.48. The average Bonchev–Trinajstić information content (AvgIpc) is 3.20. The second-order valence-electron chi connectivity index (χ2n) is 5.63. The van der Waals surface area contributed by atoms with E-state index in [1.807, 2.05) is 12.1 Å². The predicted octanol–water partition coefficient (Wildman–Crippen LogP) is 2.83. The molecule has 21 heavy (non-hydrogen) atoms. The monoisotopic (exact) mass is 309 g/mol. The number of esters is 1. The average molecular weight is 310 g/mol. The summed E-state index contributed by atoms with van der Waals surface area (Å²) in [5, 5.41) is 3.49. The summed E-state index contributed by atoms with van der Waals surface area (Å²) in [7, 11) is 0. The van der Waals surface area contributed by atoms with Crippen molar-refractivity contribution in [3.05, 3.63) is 34.9 Å². The van der Waals surface area contributed by atoms with Crippen LogP contribution in [-0.4, -0.2) is 24.5 Å². The molecule has 1 aromatic rings. The van der Waals surface area contributed by atoms with Crippen molar-refractivity contribution in [3.8, 4) is 0 Å². The van der Waals surface area contributed by atoms with Gasteiger partial charge in [-0.05, 0) is 44.4 Å². The third-order valence-electron chi connectivity index (χ3n) is 3.56. The van der Waals surface area contributed by atoms with Gasteiger partial charge in [-0.3, -0.25) is 9.59 Å². The first-order valence-electron chi connectivity index (χ1n) is 7.18. The zero-order valence-corrected chi connectivity index (χ0v) is 13.1. The number of amides is 1. The predicted molar refractivity (Wildman–Crippen MR) is 81.2 cm³/mol. The first kappa shape index (κ1) is 15.8. The minimum Gasteiger partial charge on any atom is -0.463 e. The highest BCUT2D eigenvalue weighted by Gasteiger charge is 2.50. The van der Waals surface area contributed by atoms with Crippen molar-refractivity contribution >= 4 is 23.5 Å². The largest absolute Gasteiger partial charge is 0.463 e. The minimum atomic E-state index is -0.438. The number of hydrogen-bond donors (Lipinski definition) is 1. The highest BCUT2D eigenvalue weighted by molar-refractivity contribution is 6.30. The van der Waals surface area contributed by atoms with Gasteiger partial charge in [-0.2, -0.15) is 0 Å². The van der Waals surface area contributed by atoms with Crippen LogP contribution in [0.3, 0.4) is 0 Å². The lowest BCUT2D eigenvalue weighted by atomic mass is 9.95. The van der Waals surface area contributed by atoms with E-state index in [0.29, 0.717) is 11.6 Å².